The summed E-state index contributed by atoms with van der Waals surface area (Å²) in [5.41, 5.74) is -0.377. The number of oxime groups is 1. The first kappa shape index (κ1) is 13.3. The van der Waals surface area contributed by atoms with Gasteiger partial charge in [0.2, 0.25) is 5.43 Å². The first-order valence-corrected chi connectivity index (χ1v) is 6.40. The molecule has 0 radical (unpaired) electrons. The number of hydrogen-bond donors (Lipinski definition) is 2. The van der Waals surface area contributed by atoms with Crippen molar-refractivity contribution in [1.82, 2.24) is 4.57 Å². The lowest BCUT2D eigenvalue weighted by molar-refractivity contribution is 0.0695. The Morgan fingerprint density at radius 2 is 2.21 bits per heavy atom. The van der Waals surface area contributed by atoms with Crippen molar-refractivity contribution in [2.24, 2.45) is 5.16 Å². The standard InChI is InChI=1S/C12H12N2O4S/c1-3-14-5-8(12(16)17)10(15)7-4-9(6(2)13-18)19-11(7)14/h4-5,18H,3H2,1-2H3,(H,16,17)/b13-6+. The molecule has 0 aliphatic rings. The number of aromatic carboxylic acids is 1. The average molecular weight is 280 g/mol. The van der Waals surface area contributed by atoms with Crippen LogP contribution in [0.15, 0.2) is 22.2 Å². The van der Waals surface area contributed by atoms with Crippen LogP contribution in [-0.4, -0.2) is 26.6 Å². The topological polar surface area (TPSA) is 91.9 Å². The van der Waals surface area contributed by atoms with E-state index in [0.29, 0.717) is 27.4 Å². The summed E-state index contributed by atoms with van der Waals surface area (Å²) >= 11 is 1.29. The van der Waals surface area contributed by atoms with Gasteiger partial charge in [-0.25, -0.2) is 4.79 Å². The van der Waals surface area contributed by atoms with E-state index in [4.69, 9.17) is 10.3 Å². The largest absolute Gasteiger partial charge is 0.477 e. The molecule has 0 unspecified atom stereocenters. The molecule has 0 atom stereocenters. The Hall–Kier alpha value is -2.15. The fraction of sp³-hybridized carbons (Fsp3) is 0.250. The summed E-state index contributed by atoms with van der Waals surface area (Å²) in [5.74, 6) is -1.24. The molecule has 6 nitrogen and oxygen atoms in total. The van der Waals surface area contributed by atoms with E-state index in [1.807, 2.05) is 6.92 Å². The quantitative estimate of drug-likeness (QED) is 0.511. The van der Waals surface area contributed by atoms with Gasteiger partial charge in [-0.1, -0.05) is 5.16 Å². The van der Waals surface area contributed by atoms with Crippen molar-refractivity contribution in [2.75, 3.05) is 0 Å². The van der Waals surface area contributed by atoms with Crippen LogP contribution in [0.5, 0.6) is 0 Å². The number of rotatable bonds is 3. The number of aromatic nitrogens is 1. The monoisotopic (exact) mass is 280 g/mol. The molecule has 19 heavy (non-hydrogen) atoms. The first-order valence-electron chi connectivity index (χ1n) is 5.58. The van der Waals surface area contributed by atoms with Crippen molar-refractivity contribution in [2.45, 2.75) is 20.4 Å². The van der Waals surface area contributed by atoms with E-state index in [1.54, 1.807) is 17.6 Å². The van der Waals surface area contributed by atoms with E-state index in [0.717, 1.165) is 0 Å². The van der Waals surface area contributed by atoms with Gasteiger partial charge >= 0.3 is 5.97 Å². The maximum atomic E-state index is 12.1. The third-order valence-corrected chi connectivity index (χ3v) is 4.11. The van der Waals surface area contributed by atoms with E-state index in [1.165, 1.54) is 17.5 Å². The molecule has 2 N–H and O–H groups in total. The average Bonchev–Trinajstić information content (AvgIpc) is 2.83. The highest BCUT2D eigenvalue weighted by atomic mass is 32.1. The van der Waals surface area contributed by atoms with Gasteiger partial charge < -0.3 is 14.9 Å². The third kappa shape index (κ3) is 2.12. The summed E-state index contributed by atoms with van der Waals surface area (Å²) in [5, 5.41) is 21.2. The van der Waals surface area contributed by atoms with Crippen LogP contribution in [0, 0.1) is 0 Å². The molecule has 0 aliphatic carbocycles. The molecule has 0 spiro atoms. The zero-order chi connectivity index (χ0) is 14.2. The molecule has 2 aromatic rings. The Kier molecular flexibility index (Phi) is 3.39. The smallest absolute Gasteiger partial charge is 0.341 e. The van der Waals surface area contributed by atoms with Crippen LogP contribution in [0.1, 0.15) is 29.1 Å². The summed E-state index contributed by atoms with van der Waals surface area (Å²) in [6.45, 7) is 4.03. The van der Waals surface area contributed by atoms with Crippen LogP contribution < -0.4 is 5.43 Å². The number of carboxylic acids is 1. The Bertz CT molecular complexity index is 742. The molecule has 2 rings (SSSR count). The lowest BCUT2D eigenvalue weighted by Gasteiger charge is -2.05. The van der Waals surface area contributed by atoms with Crippen molar-refractivity contribution in [1.29, 1.82) is 0 Å². The van der Waals surface area contributed by atoms with Gasteiger partial charge in [0.25, 0.3) is 0 Å². The van der Waals surface area contributed by atoms with Crippen LogP contribution in [0.25, 0.3) is 10.2 Å². The van der Waals surface area contributed by atoms with Crippen molar-refractivity contribution in [3.05, 3.63) is 32.9 Å². The SMILES string of the molecule is CCn1cc(C(=O)O)c(=O)c2cc(/C(C)=N/O)sc21. The molecule has 0 bridgehead atoms. The number of carboxylic acid groups (broad SMARTS) is 1. The van der Waals surface area contributed by atoms with Crippen molar-refractivity contribution >= 4 is 33.2 Å². The number of fused-ring (bicyclic) bond motifs is 1. The Morgan fingerprint density at radius 1 is 1.53 bits per heavy atom. The zero-order valence-corrected chi connectivity index (χ0v) is 11.2. The van der Waals surface area contributed by atoms with Crippen LogP contribution in [0.4, 0.5) is 0 Å². The van der Waals surface area contributed by atoms with Gasteiger partial charge in [0, 0.05) is 12.7 Å². The molecule has 0 saturated heterocycles. The molecule has 2 heterocycles. The van der Waals surface area contributed by atoms with Gasteiger partial charge in [0.1, 0.15) is 10.4 Å². The van der Waals surface area contributed by atoms with Crippen LogP contribution in [0.2, 0.25) is 0 Å². The number of nitrogens with zero attached hydrogens (tertiary/aromatic N) is 2. The summed E-state index contributed by atoms with van der Waals surface area (Å²) in [7, 11) is 0. The summed E-state index contributed by atoms with van der Waals surface area (Å²) in [4.78, 5) is 24.4. The van der Waals surface area contributed by atoms with E-state index in [9.17, 15) is 9.59 Å². The molecule has 0 amide bonds. The minimum atomic E-state index is -1.24. The molecular formula is C12H12N2O4S. The van der Waals surface area contributed by atoms with Crippen molar-refractivity contribution in [3.8, 4) is 0 Å². The summed E-state index contributed by atoms with van der Waals surface area (Å²) in [6.07, 6.45) is 1.35. The maximum absolute atomic E-state index is 12.1. The Labute approximate surface area is 112 Å². The van der Waals surface area contributed by atoms with Gasteiger partial charge in [-0.2, -0.15) is 0 Å². The van der Waals surface area contributed by atoms with E-state index < -0.39 is 11.4 Å². The van der Waals surface area contributed by atoms with Crippen LogP contribution >= 0.6 is 11.3 Å². The third-order valence-electron chi connectivity index (χ3n) is 2.83. The van der Waals surface area contributed by atoms with Crippen molar-refractivity contribution in [3.63, 3.8) is 0 Å². The van der Waals surface area contributed by atoms with Gasteiger partial charge in [-0.3, -0.25) is 4.79 Å². The number of carbonyl (C=O) groups is 1. The molecule has 7 heteroatoms. The lowest BCUT2D eigenvalue weighted by Crippen LogP contribution is -2.17. The molecule has 0 aromatic carbocycles. The van der Waals surface area contributed by atoms with Gasteiger partial charge in [-0.05, 0) is 19.9 Å². The molecule has 0 fully saturated rings. The summed E-state index contributed by atoms with van der Waals surface area (Å²) in [6, 6.07) is 1.57. The molecular weight excluding hydrogens is 268 g/mol. The number of hydrogen-bond acceptors (Lipinski definition) is 5. The molecule has 0 saturated carbocycles. The lowest BCUT2D eigenvalue weighted by atomic mass is 10.2. The van der Waals surface area contributed by atoms with Crippen LogP contribution in [0.3, 0.4) is 0 Å². The predicted molar refractivity (Wildman–Crippen MR) is 72.7 cm³/mol. The van der Waals surface area contributed by atoms with Crippen molar-refractivity contribution < 1.29 is 15.1 Å². The Balaban J connectivity index is 2.86. The number of pyridine rings is 1. The number of thiophene rings is 1. The minimum absolute atomic E-state index is 0.253. The van der Waals surface area contributed by atoms with Crippen LogP contribution in [-0.2, 0) is 6.54 Å². The normalized spacial score (nSPS) is 12.0. The highest BCUT2D eigenvalue weighted by Gasteiger charge is 2.17. The molecule has 0 aliphatic heterocycles. The second kappa shape index (κ2) is 4.85. The van der Waals surface area contributed by atoms with Gasteiger partial charge in [-0.15, -0.1) is 11.3 Å². The molecule has 2 aromatic heterocycles. The summed E-state index contributed by atoms with van der Waals surface area (Å²) < 4.78 is 1.71. The minimum Gasteiger partial charge on any atom is -0.477 e. The fourth-order valence-electron chi connectivity index (χ4n) is 1.79. The van der Waals surface area contributed by atoms with E-state index >= 15 is 0 Å². The maximum Gasteiger partial charge on any atom is 0.341 e. The Morgan fingerprint density at radius 3 is 2.74 bits per heavy atom. The highest BCUT2D eigenvalue weighted by molar-refractivity contribution is 7.20. The van der Waals surface area contributed by atoms with E-state index in [2.05, 4.69) is 5.16 Å². The first-order chi connectivity index (χ1) is 8.99. The second-order valence-electron chi connectivity index (χ2n) is 3.98. The zero-order valence-electron chi connectivity index (χ0n) is 10.4. The van der Waals surface area contributed by atoms with Gasteiger partial charge in [0.05, 0.1) is 16.0 Å². The number of aryl methyl sites for hydroxylation is 1. The highest BCUT2D eigenvalue weighted by Crippen LogP contribution is 2.24. The fourth-order valence-corrected chi connectivity index (χ4v) is 2.92. The van der Waals surface area contributed by atoms with Gasteiger partial charge in [0.15, 0.2) is 0 Å². The predicted octanol–water partition coefficient (Wildman–Crippen LogP) is 1.98. The van der Waals surface area contributed by atoms with E-state index in [-0.39, 0.29) is 5.56 Å². The second-order valence-corrected chi connectivity index (χ2v) is 5.01. The molecule has 100 valence electrons.